The quantitative estimate of drug-likeness (QED) is 0.302. The molecule has 0 spiro atoms. The van der Waals surface area contributed by atoms with Crippen LogP contribution < -0.4 is 9.47 Å². The van der Waals surface area contributed by atoms with Crippen LogP contribution >= 0.6 is 44.1 Å². The van der Waals surface area contributed by atoms with Crippen molar-refractivity contribution in [1.29, 1.82) is 0 Å². The van der Waals surface area contributed by atoms with Gasteiger partial charge in [-0.1, -0.05) is 70.6 Å². The SMILES string of the molecule is COc1cc(C(=S)N2CCN(Cc3ccccc3)CC2)c(Br)cc1OCc1ccc(Br)cc1. The van der Waals surface area contributed by atoms with Crippen LogP contribution in [0.5, 0.6) is 11.5 Å². The summed E-state index contributed by atoms with van der Waals surface area (Å²) in [4.78, 5) is 5.58. The molecule has 1 aliphatic heterocycles. The molecule has 1 saturated heterocycles. The molecule has 0 N–H and O–H groups in total. The molecule has 3 aromatic rings. The van der Waals surface area contributed by atoms with Gasteiger partial charge in [-0.2, -0.15) is 0 Å². The minimum Gasteiger partial charge on any atom is -0.493 e. The molecule has 1 aliphatic rings. The largest absolute Gasteiger partial charge is 0.493 e. The summed E-state index contributed by atoms with van der Waals surface area (Å²) >= 11 is 13.0. The van der Waals surface area contributed by atoms with E-state index in [1.165, 1.54) is 5.56 Å². The van der Waals surface area contributed by atoms with Crippen LogP contribution in [-0.2, 0) is 13.2 Å². The first-order valence-electron chi connectivity index (χ1n) is 10.8. The first-order valence-corrected chi connectivity index (χ1v) is 12.8. The van der Waals surface area contributed by atoms with Crippen LogP contribution in [0.2, 0.25) is 0 Å². The standard InChI is InChI=1S/C26H26Br2N2O2S/c1-31-24-15-22(23(28)16-25(24)32-18-20-7-9-21(27)10-8-20)26(33)30-13-11-29(12-14-30)17-19-5-3-2-4-6-19/h2-10,15-16H,11-14,17-18H2,1H3. The molecule has 0 amide bonds. The molecule has 172 valence electrons. The first kappa shape index (κ1) is 24.2. The number of thiocarbonyl (C=S) groups is 1. The van der Waals surface area contributed by atoms with E-state index in [9.17, 15) is 0 Å². The van der Waals surface area contributed by atoms with E-state index in [1.807, 2.05) is 36.4 Å². The van der Waals surface area contributed by atoms with E-state index in [4.69, 9.17) is 21.7 Å². The summed E-state index contributed by atoms with van der Waals surface area (Å²) in [7, 11) is 1.66. The second-order valence-corrected chi connectivity index (χ2v) is 10.1. The Labute approximate surface area is 217 Å². The van der Waals surface area contributed by atoms with Gasteiger partial charge in [-0.15, -0.1) is 0 Å². The summed E-state index contributed by atoms with van der Waals surface area (Å²) in [5, 5.41) is 0. The molecule has 0 radical (unpaired) electrons. The van der Waals surface area contributed by atoms with E-state index in [0.717, 1.165) is 57.8 Å². The Morgan fingerprint density at radius 1 is 0.879 bits per heavy atom. The van der Waals surface area contributed by atoms with Crippen LogP contribution in [0.15, 0.2) is 75.7 Å². The molecular weight excluding hydrogens is 564 g/mol. The maximum atomic E-state index is 6.05. The number of methoxy groups -OCH3 is 1. The molecule has 0 atom stereocenters. The second kappa shape index (κ2) is 11.5. The molecule has 1 fully saturated rings. The van der Waals surface area contributed by atoms with Crippen LogP contribution in [0.1, 0.15) is 16.7 Å². The van der Waals surface area contributed by atoms with E-state index >= 15 is 0 Å². The molecule has 7 heteroatoms. The van der Waals surface area contributed by atoms with Gasteiger partial charge in [0, 0.05) is 47.2 Å². The number of ether oxygens (including phenoxy) is 2. The van der Waals surface area contributed by atoms with Crippen LogP contribution in [0.25, 0.3) is 0 Å². The zero-order chi connectivity index (χ0) is 23.2. The third-order valence-electron chi connectivity index (χ3n) is 5.70. The van der Waals surface area contributed by atoms with E-state index in [0.29, 0.717) is 18.1 Å². The molecule has 1 heterocycles. The Hall–Kier alpha value is -1.93. The fourth-order valence-electron chi connectivity index (χ4n) is 3.83. The lowest BCUT2D eigenvalue weighted by molar-refractivity contribution is 0.177. The van der Waals surface area contributed by atoms with Crippen molar-refractivity contribution in [3.8, 4) is 11.5 Å². The van der Waals surface area contributed by atoms with Crippen LogP contribution in [0, 0.1) is 0 Å². The Morgan fingerprint density at radius 3 is 2.24 bits per heavy atom. The Morgan fingerprint density at radius 2 is 1.58 bits per heavy atom. The Bertz CT molecular complexity index is 1090. The Balaban J connectivity index is 1.39. The van der Waals surface area contributed by atoms with Crippen molar-refractivity contribution in [1.82, 2.24) is 9.80 Å². The number of hydrogen-bond donors (Lipinski definition) is 0. The monoisotopic (exact) mass is 588 g/mol. The zero-order valence-corrected chi connectivity index (χ0v) is 22.5. The van der Waals surface area contributed by atoms with Gasteiger partial charge in [0.25, 0.3) is 0 Å². The second-order valence-electron chi connectivity index (χ2n) is 7.95. The Kier molecular flexibility index (Phi) is 8.41. The maximum Gasteiger partial charge on any atom is 0.162 e. The van der Waals surface area contributed by atoms with Crippen LogP contribution in [0.3, 0.4) is 0 Å². The van der Waals surface area contributed by atoms with Gasteiger partial charge in [0.1, 0.15) is 11.6 Å². The third-order valence-corrected chi connectivity index (χ3v) is 7.36. The van der Waals surface area contributed by atoms with Crippen LogP contribution in [-0.4, -0.2) is 48.1 Å². The van der Waals surface area contributed by atoms with Gasteiger partial charge in [-0.05, 0) is 51.3 Å². The minimum absolute atomic E-state index is 0.462. The molecule has 0 bridgehead atoms. The van der Waals surface area contributed by atoms with Gasteiger partial charge in [-0.3, -0.25) is 4.90 Å². The summed E-state index contributed by atoms with van der Waals surface area (Å²) in [6.07, 6.45) is 0. The van der Waals surface area contributed by atoms with Crippen molar-refractivity contribution < 1.29 is 9.47 Å². The third kappa shape index (κ3) is 6.35. The van der Waals surface area contributed by atoms with Gasteiger partial charge in [0.15, 0.2) is 11.5 Å². The van der Waals surface area contributed by atoms with E-state index < -0.39 is 0 Å². The summed E-state index contributed by atoms with van der Waals surface area (Å²) in [6.45, 7) is 5.22. The topological polar surface area (TPSA) is 24.9 Å². The number of halogens is 2. The highest BCUT2D eigenvalue weighted by atomic mass is 79.9. The fourth-order valence-corrected chi connectivity index (χ4v) is 5.09. The van der Waals surface area contributed by atoms with Crippen molar-refractivity contribution in [2.75, 3.05) is 33.3 Å². The highest BCUT2D eigenvalue weighted by molar-refractivity contribution is 9.10. The van der Waals surface area contributed by atoms with Gasteiger partial charge < -0.3 is 14.4 Å². The lowest BCUT2D eigenvalue weighted by Crippen LogP contribution is -2.48. The molecular formula is C26H26Br2N2O2S. The lowest BCUT2D eigenvalue weighted by Gasteiger charge is -2.36. The highest BCUT2D eigenvalue weighted by Gasteiger charge is 2.22. The maximum absolute atomic E-state index is 6.05. The lowest BCUT2D eigenvalue weighted by atomic mass is 10.1. The van der Waals surface area contributed by atoms with Crippen molar-refractivity contribution in [3.05, 3.63) is 92.4 Å². The van der Waals surface area contributed by atoms with Gasteiger partial charge in [0.2, 0.25) is 0 Å². The fraction of sp³-hybridized carbons (Fsp3) is 0.269. The number of rotatable bonds is 7. The average Bonchev–Trinajstić information content (AvgIpc) is 2.84. The van der Waals surface area contributed by atoms with Gasteiger partial charge >= 0.3 is 0 Å². The summed E-state index contributed by atoms with van der Waals surface area (Å²) < 4.78 is 13.6. The molecule has 0 aliphatic carbocycles. The predicted molar refractivity (Wildman–Crippen MR) is 144 cm³/mol. The molecule has 3 aromatic carbocycles. The van der Waals surface area contributed by atoms with Gasteiger partial charge in [-0.25, -0.2) is 0 Å². The normalized spacial score (nSPS) is 14.2. The molecule has 33 heavy (non-hydrogen) atoms. The predicted octanol–water partition coefficient (Wildman–Crippen LogP) is 6.29. The van der Waals surface area contributed by atoms with Crippen molar-refractivity contribution in [2.24, 2.45) is 0 Å². The molecule has 0 aromatic heterocycles. The number of piperazine rings is 1. The van der Waals surface area contributed by atoms with Crippen LogP contribution in [0.4, 0.5) is 0 Å². The zero-order valence-electron chi connectivity index (χ0n) is 18.5. The van der Waals surface area contributed by atoms with E-state index in [-0.39, 0.29) is 0 Å². The summed E-state index contributed by atoms with van der Waals surface area (Å²) in [6, 6.07) is 22.6. The van der Waals surface area contributed by atoms with E-state index in [1.54, 1.807) is 7.11 Å². The summed E-state index contributed by atoms with van der Waals surface area (Å²) in [5.41, 5.74) is 3.39. The molecule has 4 rings (SSSR count). The van der Waals surface area contributed by atoms with Crippen molar-refractivity contribution >= 4 is 49.1 Å². The van der Waals surface area contributed by atoms with Crippen molar-refractivity contribution in [2.45, 2.75) is 13.2 Å². The first-order chi connectivity index (χ1) is 16.0. The smallest absolute Gasteiger partial charge is 0.162 e. The van der Waals surface area contributed by atoms with Gasteiger partial charge in [0.05, 0.1) is 7.11 Å². The number of hydrogen-bond acceptors (Lipinski definition) is 4. The number of benzene rings is 3. The minimum atomic E-state index is 0.462. The molecule has 0 unspecified atom stereocenters. The summed E-state index contributed by atoms with van der Waals surface area (Å²) in [5.74, 6) is 1.36. The van der Waals surface area contributed by atoms with Crippen molar-refractivity contribution in [3.63, 3.8) is 0 Å². The van der Waals surface area contributed by atoms with E-state index in [2.05, 4.69) is 72.0 Å². The average molecular weight is 590 g/mol. The number of nitrogens with zero attached hydrogens (tertiary/aromatic N) is 2. The molecule has 0 saturated carbocycles. The molecule has 4 nitrogen and oxygen atoms in total. The highest BCUT2D eigenvalue weighted by Crippen LogP contribution is 2.35.